The van der Waals surface area contributed by atoms with E-state index < -0.39 is 0 Å². The van der Waals surface area contributed by atoms with Gasteiger partial charge in [0.05, 0.1) is 5.25 Å². The second kappa shape index (κ2) is 7.69. The molecule has 2 aromatic carbocycles. The van der Waals surface area contributed by atoms with E-state index in [0.29, 0.717) is 0 Å². The van der Waals surface area contributed by atoms with Crippen LogP contribution in [0.3, 0.4) is 0 Å². The number of carbonyl (C=O) groups is 1. The minimum absolute atomic E-state index is 0.126. The number of hydrogen-bond acceptors (Lipinski definition) is 4. The van der Waals surface area contributed by atoms with Crippen LogP contribution in [-0.4, -0.2) is 25.8 Å². The van der Waals surface area contributed by atoms with Crippen molar-refractivity contribution in [2.45, 2.75) is 45.0 Å². The third-order valence-electron chi connectivity index (χ3n) is 4.98. The monoisotopic (exact) mass is 379 g/mol. The van der Waals surface area contributed by atoms with E-state index in [9.17, 15) is 4.79 Å². The second-order valence-corrected chi connectivity index (χ2v) is 8.36. The molecule has 0 bridgehead atoms. The van der Waals surface area contributed by atoms with E-state index in [-0.39, 0.29) is 11.0 Å². The van der Waals surface area contributed by atoms with Crippen molar-refractivity contribution in [3.8, 4) is 11.4 Å². The van der Waals surface area contributed by atoms with Crippen molar-refractivity contribution in [1.82, 2.24) is 14.8 Å². The Hall–Kier alpha value is -2.40. The third kappa shape index (κ3) is 3.83. The zero-order valence-electron chi connectivity index (χ0n) is 16.7. The van der Waals surface area contributed by atoms with Gasteiger partial charge in [-0.15, -0.1) is 10.2 Å². The number of hydrogen-bond donors (Lipinski definition) is 0. The van der Waals surface area contributed by atoms with E-state index in [0.717, 1.165) is 38.8 Å². The van der Waals surface area contributed by atoms with Crippen LogP contribution in [0, 0.1) is 27.7 Å². The first-order valence-electron chi connectivity index (χ1n) is 9.03. The van der Waals surface area contributed by atoms with Crippen LogP contribution in [0.25, 0.3) is 11.4 Å². The zero-order valence-corrected chi connectivity index (χ0v) is 17.5. The minimum Gasteiger partial charge on any atom is -0.305 e. The van der Waals surface area contributed by atoms with Gasteiger partial charge in [-0.1, -0.05) is 42.1 Å². The lowest BCUT2D eigenvalue weighted by Crippen LogP contribution is -2.16. The average Bonchev–Trinajstić information content (AvgIpc) is 2.98. The molecule has 0 saturated carbocycles. The summed E-state index contributed by atoms with van der Waals surface area (Å²) in [5, 5.41) is 9.19. The molecule has 4 nitrogen and oxygen atoms in total. The molecule has 140 valence electrons. The Bertz CT molecular complexity index is 1010. The predicted molar refractivity (Wildman–Crippen MR) is 111 cm³/mol. The molecule has 27 heavy (non-hydrogen) atoms. The summed E-state index contributed by atoms with van der Waals surface area (Å²) >= 11 is 1.45. The van der Waals surface area contributed by atoms with Crippen LogP contribution in [0.4, 0.5) is 0 Å². The highest BCUT2D eigenvalue weighted by molar-refractivity contribution is 8.00. The van der Waals surface area contributed by atoms with Gasteiger partial charge in [0, 0.05) is 18.2 Å². The van der Waals surface area contributed by atoms with Gasteiger partial charge in [-0.2, -0.15) is 0 Å². The SMILES string of the molecule is Cc1cc(C)c(C(=O)[C@@H](C)Sc2nnc(-c3ccccc3C)n2C)cc1C. The summed E-state index contributed by atoms with van der Waals surface area (Å²) in [5.41, 5.74) is 6.37. The molecule has 0 fully saturated rings. The number of aryl methyl sites for hydroxylation is 4. The lowest BCUT2D eigenvalue weighted by Gasteiger charge is -2.14. The first kappa shape index (κ1) is 19.4. The van der Waals surface area contributed by atoms with Gasteiger partial charge < -0.3 is 4.57 Å². The molecule has 0 unspecified atom stereocenters. The standard InChI is InChI=1S/C22H25N3OS/c1-13-9-7-8-10-18(13)21-23-24-22(25(21)6)27-17(5)20(26)19-12-15(3)14(2)11-16(19)4/h7-12,17H,1-6H3/t17-/m1/s1. The van der Waals surface area contributed by atoms with Gasteiger partial charge in [0.1, 0.15) is 0 Å². The molecule has 0 spiro atoms. The van der Waals surface area contributed by atoms with Crippen LogP contribution in [0.1, 0.15) is 39.5 Å². The Kier molecular flexibility index (Phi) is 5.51. The Morgan fingerprint density at radius 3 is 2.33 bits per heavy atom. The van der Waals surface area contributed by atoms with E-state index in [2.05, 4.69) is 36.2 Å². The van der Waals surface area contributed by atoms with E-state index in [1.165, 1.54) is 17.3 Å². The van der Waals surface area contributed by atoms with Crippen molar-refractivity contribution in [2.24, 2.45) is 7.05 Å². The van der Waals surface area contributed by atoms with Crippen molar-refractivity contribution in [3.05, 3.63) is 64.2 Å². The number of benzene rings is 2. The topological polar surface area (TPSA) is 47.8 Å². The van der Waals surface area contributed by atoms with E-state index in [1.54, 1.807) is 0 Å². The second-order valence-electron chi connectivity index (χ2n) is 7.06. The molecular formula is C22H25N3OS. The van der Waals surface area contributed by atoms with Crippen molar-refractivity contribution in [3.63, 3.8) is 0 Å². The lowest BCUT2D eigenvalue weighted by atomic mass is 9.97. The third-order valence-corrected chi connectivity index (χ3v) is 6.11. The quantitative estimate of drug-likeness (QED) is 0.458. The number of aromatic nitrogens is 3. The summed E-state index contributed by atoms with van der Waals surface area (Å²) < 4.78 is 1.96. The molecule has 1 atom stereocenters. The summed E-state index contributed by atoms with van der Waals surface area (Å²) in [4.78, 5) is 13.0. The molecule has 1 aromatic heterocycles. The van der Waals surface area contributed by atoms with Gasteiger partial charge in [0.15, 0.2) is 16.8 Å². The fraction of sp³-hybridized carbons (Fsp3) is 0.318. The molecule has 0 radical (unpaired) electrons. The Morgan fingerprint density at radius 1 is 0.963 bits per heavy atom. The highest BCUT2D eigenvalue weighted by Gasteiger charge is 2.22. The van der Waals surface area contributed by atoms with Gasteiger partial charge in [-0.25, -0.2) is 0 Å². The minimum atomic E-state index is -0.238. The Balaban J connectivity index is 1.85. The predicted octanol–water partition coefficient (Wildman–Crippen LogP) is 5.08. The first-order chi connectivity index (χ1) is 12.8. The van der Waals surface area contributed by atoms with E-state index in [1.807, 2.05) is 56.7 Å². The molecule has 1 heterocycles. The summed E-state index contributed by atoms with van der Waals surface area (Å²) in [5.74, 6) is 0.943. The number of ketones is 1. The number of Topliss-reactive ketones (excluding diaryl/α,β-unsaturated/α-hetero) is 1. The Labute approximate surface area is 165 Å². The summed E-state index contributed by atoms with van der Waals surface area (Å²) in [7, 11) is 1.95. The first-order valence-corrected chi connectivity index (χ1v) is 9.91. The van der Waals surface area contributed by atoms with Crippen LogP contribution >= 0.6 is 11.8 Å². The number of carbonyl (C=O) groups excluding carboxylic acids is 1. The summed E-state index contributed by atoms with van der Waals surface area (Å²) in [6, 6.07) is 12.2. The molecule has 0 aliphatic carbocycles. The summed E-state index contributed by atoms with van der Waals surface area (Å²) in [6.45, 7) is 10.1. The van der Waals surface area contributed by atoms with Gasteiger partial charge in [-0.3, -0.25) is 4.79 Å². The normalized spacial score (nSPS) is 12.2. The van der Waals surface area contributed by atoms with Crippen molar-refractivity contribution < 1.29 is 4.79 Å². The molecule has 0 amide bonds. The molecule has 0 aliphatic rings. The van der Waals surface area contributed by atoms with E-state index >= 15 is 0 Å². The van der Waals surface area contributed by atoms with Crippen molar-refractivity contribution in [1.29, 1.82) is 0 Å². The maximum atomic E-state index is 13.0. The fourth-order valence-electron chi connectivity index (χ4n) is 3.13. The molecular weight excluding hydrogens is 354 g/mol. The van der Waals surface area contributed by atoms with Crippen LogP contribution in [0.15, 0.2) is 41.6 Å². The number of nitrogens with zero attached hydrogens (tertiary/aromatic N) is 3. The Morgan fingerprint density at radius 2 is 1.63 bits per heavy atom. The lowest BCUT2D eigenvalue weighted by molar-refractivity contribution is 0.0993. The highest BCUT2D eigenvalue weighted by atomic mass is 32.2. The van der Waals surface area contributed by atoms with Crippen LogP contribution < -0.4 is 0 Å². The van der Waals surface area contributed by atoms with Crippen LogP contribution in [-0.2, 0) is 7.05 Å². The van der Waals surface area contributed by atoms with Gasteiger partial charge >= 0.3 is 0 Å². The van der Waals surface area contributed by atoms with Crippen molar-refractivity contribution >= 4 is 17.5 Å². The van der Waals surface area contributed by atoms with Gasteiger partial charge in [0.2, 0.25) is 0 Å². The van der Waals surface area contributed by atoms with Crippen LogP contribution in [0.2, 0.25) is 0 Å². The highest BCUT2D eigenvalue weighted by Crippen LogP contribution is 2.29. The average molecular weight is 380 g/mol. The van der Waals surface area contributed by atoms with Gasteiger partial charge in [0.25, 0.3) is 0 Å². The maximum absolute atomic E-state index is 13.0. The van der Waals surface area contributed by atoms with Crippen molar-refractivity contribution in [2.75, 3.05) is 0 Å². The fourth-order valence-corrected chi connectivity index (χ4v) is 4.02. The number of rotatable bonds is 5. The molecule has 5 heteroatoms. The molecule has 0 aliphatic heterocycles. The van der Waals surface area contributed by atoms with E-state index in [4.69, 9.17) is 0 Å². The summed E-state index contributed by atoms with van der Waals surface area (Å²) in [6.07, 6.45) is 0. The molecule has 3 aromatic rings. The largest absolute Gasteiger partial charge is 0.305 e. The molecule has 0 saturated heterocycles. The molecule has 3 rings (SSSR count). The molecule has 0 N–H and O–H groups in total. The zero-order chi connectivity index (χ0) is 19.7. The smallest absolute Gasteiger partial charge is 0.191 e. The maximum Gasteiger partial charge on any atom is 0.191 e. The van der Waals surface area contributed by atoms with Crippen LogP contribution in [0.5, 0.6) is 0 Å². The number of thioether (sulfide) groups is 1. The van der Waals surface area contributed by atoms with Gasteiger partial charge in [-0.05, 0) is 62.9 Å².